The molecule has 0 saturated carbocycles. The summed E-state index contributed by atoms with van der Waals surface area (Å²) in [7, 11) is 3.77. The van der Waals surface area contributed by atoms with Gasteiger partial charge in [0, 0.05) is 32.4 Å². The summed E-state index contributed by atoms with van der Waals surface area (Å²) in [4.78, 5) is 18.0. The van der Waals surface area contributed by atoms with Crippen LogP contribution in [0.25, 0.3) is 0 Å². The van der Waals surface area contributed by atoms with Crippen LogP contribution in [0.3, 0.4) is 0 Å². The molecule has 1 aromatic heterocycles. The van der Waals surface area contributed by atoms with Crippen LogP contribution < -0.4 is 21.3 Å². The van der Waals surface area contributed by atoms with Crippen LogP contribution in [0, 0.1) is 5.92 Å². The van der Waals surface area contributed by atoms with Crippen LogP contribution in [0.5, 0.6) is 0 Å². The second-order valence-corrected chi connectivity index (χ2v) is 4.85. The highest BCUT2D eigenvalue weighted by molar-refractivity contribution is 5.78. The number of hydrogen-bond acceptors (Lipinski definition) is 5. The first-order chi connectivity index (χ1) is 9.15. The van der Waals surface area contributed by atoms with Gasteiger partial charge in [-0.3, -0.25) is 4.79 Å². The van der Waals surface area contributed by atoms with Crippen molar-refractivity contribution >= 4 is 17.4 Å². The second kappa shape index (κ2) is 5.88. The first-order valence-electron chi connectivity index (χ1n) is 6.50. The molecular weight excluding hydrogens is 242 g/mol. The number of anilines is 2. The molecule has 2 unspecified atom stereocenters. The van der Waals surface area contributed by atoms with Crippen LogP contribution >= 0.6 is 0 Å². The molecule has 1 amide bonds. The van der Waals surface area contributed by atoms with E-state index in [0.717, 1.165) is 24.5 Å². The summed E-state index contributed by atoms with van der Waals surface area (Å²) in [6.45, 7) is 1.45. The Morgan fingerprint density at radius 1 is 1.47 bits per heavy atom. The molecule has 2 rings (SSSR count). The maximum atomic E-state index is 11.5. The first-order valence-corrected chi connectivity index (χ1v) is 6.50. The summed E-state index contributed by atoms with van der Waals surface area (Å²) in [6.07, 6.45) is 2.54. The lowest BCUT2D eigenvalue weighted by molar-refractivity contribution is -0.122. The number of nitrogens with zero attached hydrogens (tertiary/aromatic N) is 2. The highest BCUT2D eigenvalue weighted by Gasteiger charge is 2.31. The van der Waals surface area contributed by atoms with E-state index in [2.05, 4.69) is 20.5 Å². The van der Waals surface area contributed by atoms with Crippen molar-refractivity contribution in [1.29, 1.82) is 0 Å². The van der Waals surface area contributed by atoms with Gasteiger partial charge in [-0.15, -0.1) is 0 Å². The van der Waals surface area contributed by atoms with Gasteiger partial charge >= 0.3 is 0 Å². The van der Waals surface area contributed by atoms with Gasteiger partial charge in [-0.05, 0) is 25.6 Å². The third-order valence-electron chi connectivity index (χ3n) is 3.62. The zero-order valence-corrected chi connectivity index (χ0v) is 11.4. The fourth-order valence-electron chi connectivity index (χ4n) is 2.53. The molecule has 6 nitrogen and oxygen atoms in total. The Morgan fingerprint density at radius 2 is 2.26 bits per heavy atom. The number of nitrogens with two attached hydrogens (primary N) is 1. The quantitative estimate of drug-likeness (QED) is 0.713. The molecule has 104 valence electrons. The Labute approximate surface area is 113 Å². The number of aromatic nitrogens is 1. The lowest BCUT2D eigenvalue weighted by atomic mass is 9.93. The number of nitrogens with one attached hydrogen (secondary N) is 2. The number of amides is 1. The van der Waals surface area contributed by atoms with Crippen LogP contribution in [0.2, 0.25) is 0 Å². The minimum absolute atomic E-state index is 0.141. The van der Waals surface area contributed by atoms with E-state index in [1.807, 2.05) is 26.2 Å². The van der Waals surface area contributed by atoms with Gasteiger partial charge in [0.15, 0.2) is 5.82 Å². The Hall–Kier alpha value is -1.82. The van der Waals surface area contributed by atoms with Crippen molar-refractivity contribution in [2.24, 2.45) is 11.7 Å². The van der Waals surface area contributed by atoms with E-state index in [1.54, 1.807) is 6.20 Å². The second-order valence-electron chi connectivity index (χ2n) is 4.85. The molecule has 1 aliphatic heterocycles. The molecule has 0 radical (unpaired) electrons. The van der Waals surface area contributed by atoms with Crippen LogP contribution in [-0.4, -0.2) is 44.1 Å². The van der Waals surface area contributed by atoms with Crippen LogP contribution in [0.15, 0.2) is 18.3 Å². The van der Waals surface area contributed by atoms with Crippen molar-refractivity contribution in [3.05, 3.63) is 18.3 Å². The molecule has 19 heavy (non-hydrogen) atoms. The maximum absolute atomic E-state index is 11.5. The third kappa shape index (κ3) is 2.96. The van der Waals surface area contributed by atoms with Crippen molar-refractivity contribution < 1.29 is 4.79 Å². The van der Waals surface area contributed by atoms with Gasteiger partial charge in [-0.2, -0.15) is 0 Å². The fourth-order valence-corrected chi connectivity index (χ4v) is 2.53. The smallest absolute Gasteiger partial charge is 0.222 e. The summed E-state index contributed by atoms with van der Waals surface area (Å²) >= 11 is 0. The lowest BCUT2D eigenvalue weighted by Gasteiger charge is -2.37. The Bertz CT molecular complexity index is 450. The number of pyridine rings is 1. The van der Waals surface area contributed by atoms with E-state index in [0.29, 0.717) is 6.54 Å². The highest BCUT2D eigenvalue weighted by Crippen LogP contribution is 2.27. The minimum atomic E-state index is -0.244. The fraction of sp³-hybridized carbons (Fsp3) is 0.538. The average Bonchev–Trinajstić information content (AvgIpc) is 2.46. The van der Waals surface area contributed by atoms with Crippen molar-refractivity contribution in [3.63, 3.8) is 0 Å². The molecule has 0 bridgehead atoms. The molecule has 0 aromatic carbocycles. The standard InChI is InChI=1S/C13H21N5O/c1-15-10-6-9(12(14)19)7-18(8-10)13-11(16-2)4-3-5-17-13/h3-5,9-10,15-16H,6-8H2,1-2H3,(H2,14,19). The van der Waals surface area contributed by atoms with Gasteiger partial charge in [-0.25, -0.2) is 4.98 Å². The van der Waals surface area contributed by atoms with Crippen molar-refractivity contribution in [3.8, 4) is 0 Å². The van der Waals surface area contributed by atoms with Crippen molar-refractivity contribution in [2.75, 3.05) is 37.4 Å². The van der Waals surface area contributed by atoms with E-state index in [4.69, 9.17) is 5.73 Å². The summed E-state index contributed by atoms with van der Waals surface area (Å²) in [5.41, 5.74) is 6.43. The van der Waals surface area contributed by atoms with Crippen LogP contribution in [0.1, 0.15) is 6.42 Å². The van der Waals surface area contributed by atoms with E-state index in [-0.39, 0.29) is 17.9 Å². The molecule has 1 fully saturated rings. The number of piperidine rings is 1. The number of primary amides is 1. The van der Waals surface area contributed by atoms with Gasteiger partial charge < -0.3 is 21.3 Å². The zero-order chi connectivity index (χ0) is 13.8. The van der Waals surface area contributed by atoms with Gasteiger partial charge in [0.2, 0.25) is 5.91 Å². The number of likely N-dealkylation sites (N-methyl/N-ethyl adjacent to an activating group) is 1. The largest absolute Gasteiger partial charge is 0.385 e. The summed E-state index contributed by atoms with van der Waals surface area (Å²) in [6, 6.07) is 4.11. The Morgan fingerprint density at radius 3 is 2.89 bits per heavy atom. The van der Waals surface area contributed by atoms with E-state index in [9.17, 15) is 4.79 Å². The normalized spacial score (nSPS) is 23.2. The molecule has 1 aliphatic rings. The van der Waals surface area contributed by atoms with Crippen molar-refractivity contribution in [2.45, 2.75) is 12.5 Å². The predicted molar refractivity (Wildman–Crippen MR) is 76.1 cm³/mol. The SMILES string of the molecule is CNc1cccnc1N1CC(NC)CC(C(N)=O)C1. The van der Waals surface area contributed by atoms with Gasteiger partial charge in [0.1, 0.15) is 0 Å². The van der Waals surface area contributed by atoms with Gasteiger partial charge in [-0.1, -0.05) is 0 Å². The molecule has 1 aromatic rings. The predicted octanol–water partition coefficient (Wildman–Crippen LogP) is 0.0229. The first kappa shape index (κ1) is 13.6. The summed E-state index contributed by atoms with van der Waals surface area (Å²) < 4.78 is 0. The summed E-state index contributed by atoms with van der Waals surface area (Å²) in [5.74, 6) is 0.487. The topological polar surface area (TPSA) is 83.3 Å². The molecule has 2 atom stereocenters. The Kier molecular flexibility index (Phi) is 4.21. The number of rotatable bonds is 4. The molecule has 1 saturated heterocycles. The molecule has 6 heteroatoms. The van der Waals surface area contributed by atoms with Crippen LogP contribution in [0.4, 0.5) is 11.5 Å². The lowest BCUT2D eigenvalue weighted by Crippen LogP contribution is -2.51. The van der Waals surface area contributed by atoms with E-state index in [1.165, 1.54) is 0 Å². The number of hydrogen-bond donors (Lipinski definition) is 3. The van der Waals surface area contributed by atoms with E-state index < -0.39 is 0 Å². The molecule has 0 aliphatic carbocycles. The van der Waals surface area contributed by atoms with Gasteiger partial charge in [0.05, 0.1) is 11.6 Å². The number of carbonyl (C=O) groups excluding carboxylic acids is 1. The highest BCUT2D eigenvalue weighted by atomic mass is 16.1. The molecular formula is C13H21N5O. The minimum Gasteiger partial charge on any atom is -0.385 e. The van der Waals surface area contributed by atoms with Crippen LogP contribution in [-0.2, 0) is 4.79 Å². The molecule has 4 N–H and O–H groups in total. The third-order valence-corrected chi connectivity index (χ3v) is 3.62. The number of carbonyl (C=O) groups is 1. The van der Waals surface area contributed by atoms with Crippen molar-refractivity contribution in [1.82, 2.24) is 10.3 Å². The van der Waals surface area contributed by atoms with Gasteiger partial charge in [0.25, 0.3) is 0 Å². The molecule has 2 heterocycles. The summed E-state index contributed by atoms with van der Waals surface area (Å²) in [5, 5.41) is 6.36. The average molecular weight is 263 g/mol. The zero-order valence-electron chi connectivity index (χ0n) is 11.4. The monoisotopic (exact) mass is 263 g/mol. The Balaban J connectivity index is 2.24. The molecule has 0 spiro atoms. The van der Waals surface area contributed by atoms with E-state index >= 15 is 0 Å². The maximum Gasteiger partial charge on any atom is 0.222 e.